The van der Waals surface area contributed by atoms with Crippen molar-refractivity contribution in [3.8, 4) is 0 Å². The molecule has 0 fully saturated rings. The minimum atomic E-state index is -1.06. The highest BCUT2D eigenvalue weighted by molar-refractivity contribution is 7.85. The van der Waals surface area contributed by atoms with Crippen molar-refractivity contribution < 1.29 is 8.60 Å². The number of rotatable bonds is 4. The van der Waals surface area contributed by atoms with E-state index >= 15 is 0 Å². The minimum Gasteiger partial charge on any atom is -0.328 e. The van der Waals surface area contributed by atoms with Gasteiger partial charge in [0, 0.05) is 16.7 Å². The molecule has 0 aliphatic heterocycles. The molecule has 4 heteroatoms. The van der Waals surface area contributed by atoms with Crippen LogP contribution in [0.5, 0.6) is 0 Å². The second-order valence-electron chi connectivity index (χ2n) is 3.27. The van der Waals surface area contributed by atoms with Crippen LogP contribution in [0.3, 0.4) is 0 Å². The van der Waals surface area contributed by atoms with Gasteiger partial charge in [0.25, 0.3) is 0 Å². The van der Waals surface area contributed by atoms with Gasteiger partial charge in [0.15, 0.2) is 0 Å². The van der Waals surface area contributed by atoms with E-state index < -0.39 is 10.8 Å². The van der Waals surface area contributed by atoms with E-state index in [1.54, 1.807) is 12.1 Å². The topological polar surface area (TPSA) is 43.1 Å². The van der Waals surface area contributed by atoms with Crippen molar-refractivity contribution in [1.82, 2.24) is 0 Å². The van der Waals surface area contributed by atoms with Crippen molar-refractivity contribution in [2.24, 2.45) is 5.73 Å². The quantitative estimate of drug-likeness (QED) is 0.830. The normalized spacial score (nSPS) is 15.1. The Morgan fingerprint density at radius 1 is 1.43 bits per heavy atom. The van der Waals surface area contributed by atoms with Gasteiger partial charge >= 0.3 is 0 Å². The van der Waals surface area contributed by atoms with Crippen LogP contribution in [-0.4, -0.2) is 16.0 Å². The van der Waals surface area contributed by atoms with Crippen molar-refractivity contribution in [3.05, 3.63) is 30.1 Å². The van der Waals surface area contributed by atoms with E-state index in [4.69, 9.17) is 5.73 Å². The molecule has 2 nitrogen and oxygen atoms in total. The number of halogens is 1. The van der Waals surface area contributed by atoms with Gasteiger partial charge in [-0.3, -0.25) is 4.21 Å². The maximum absolute atomic E-state index is 12.5. The summed E-state index contributed by atoms with van der Waals surface area (Å²) in [4.78, 5) is 0.659. The highest BCUT2D eigenvalue weighted by Crippen LogP contribution is 2.09. The van der Waals surface area contributed by atoms with E-state index in [2.05, 4.69) is 0 Å². The zero-order chi connectivity index (χ0) is 10.6. The molecule has 0 aliphatic rings. The van der Waals surface area contributed by atoms with Gasteiger partial charge in [-0.05, 0) is 37.6 Å². The van der Waals surface area contributed by atoms with Gasteiger partial charge in [0.1, 0.15) is 5.82 Å². The number of hydrogen-bond acceptors (Lipinski definition) is 2. The van der Waals surface area contributed by atoms with Crippen molar-refractivity contribution in [2.45, 2.75) is 24.3 Å². The first-order chi connectivity index (χ1) is 6.59. The van der Waals surface area contributed by atoms with Gasteiger partial charge < -0.3 is 5.73 Å². The predicted octanol–water partition coefficient (Wildman–Crippen LogP) is 1.67. The molecule has 0 bridgehead atoms. The van der Waals surface area contributed by atoms with Crippen LogP contribution in [0.2, 0.25) is 0 Å². The molecule has 14 heavy (non-hydrogen) atoms. The fourth-order valence-corrected chi connectivity index (χ4v) is 2.26. The van der Waals surface area contributed by atoms with Crippen molar-refractivity contribution in [2.75, 3.05) is 5.75 Å². The summed E-state index contributed by atoms with van der Waals surface area (Å²) < 4.78 is 24.1. The molecule has 0 aliphatic carbocycles. The van der Waals surface area contributed by atoms with Crippen LogP contribution in [0.15, 0.2) is 29.2 Å². The SMILES string of the molecule is CC(N)CCS(=O)c1ccc(F)cc1. The fraction of sp³-hybridized carbons (Fsp3) is 0.400. The molecular formula is C10H14FNOS. The number of hydrogen-bond donors (Lipinski definition) is 1. The lowest BCUT2D eigenvalue weighted by Crippen LogP contribution is -2.17. The maximum atomic E-state index is 12.5. The summed E-state index contributed by atoms with van der Waals surface area (Å²) in [5.41, 5.74) is 5.55. The van der Waals surface area contributed by atoms with Crippen molar-refractivity contribution in [3.63, 3.8) is 0 Å². The summed E-state index contributed by atoms with van der Waals surface area (Å²) in [5.74, 6) is 0.224. The standard InChI is InChI=1S/C10H14FNOS/c1-8(12)6-7-14(13)10-4-2-9(11)3-5-10/h2-5,8H,6-7,12H2,1H3. The molecule has 0 aromatic heterocycles. The molecule has 0 radical (unpaired) electrons. The van der Waals surface area contributed by atoms with Crippen molar-refractivity contribution in [1.29, 1.82) is 0 Å². The average molecular weight is 215 g/mol. The molecule has 2 N–H and O–H groups in total. The van der Waals surface area contributed by atoms with Crippen LogP contribution in [0.1, 0.15) is 13.3 Å². The molecule has 1 aromatic carbocycles. The summed E-state index contributed by atoms with van der Waals surface area (Å²) >= 11 is 0. The van der Waals surface area contributed by atoms with Gasteiger partial charge in [-0.2, -0.15) is 0 Å². The Hall–Kier alpha value is -0.740. The monoisotopic (exact) mass is 215 g/mol. The molecule has 1 aromatic rings. The lowest BCUT2D eigenvalue weighted by molar-refractivity contribution is 0.626. The first kappa shape index (κ1) is 11.3. The summed E-state index contributed by atoms with van der Waals surface area (Å²) in [7, 11) is -1.06. The van der Waals surface area contributed by atoms with Gasteiger partial charge in [0.2, 0.25) is 0 Å². The third-order valence-electron chi connectivity index (χ3n) is 1.84. The van der Waals surface area contributed by atoms with Crippen LogP contribution in [0.25, 0.3) is 0 Å². The molecule has 2 atom stereocenters. The van der Waals surface area contributed by atoms with Gasteiger partial charge in [-0.15, -0.1) is 0 Å². The third-order valence-corrected chi connectivity index (χ3v) is 3.24. The minimum absolute atomic E-state index is 0.0550. The van der Waals surface area contributed by atoms with Crippen molar-refractivity contribution >= 4 is 10.8 Å². The van der Waals surface area contributed by atoms with Crippen LogP contribution < -0.4 is 5.73 Å². The summed E-state index contributed by atoms with van der Waals surface area (Å²) in [5, 5.41) is 0. The first-order valence-corrected chi connectivity index (χ1v) is 5.81. The molecule has 0 amide bonds. The van der Waals surface area contributed by atoms with E-state index in [1.165, 1.54) is 12.1 Å². The van der Waals surface area contributed by atoms with Crippen LogP contribution >= 0.6 is 0 Å². The molecule has 0 saturated carbocycles. The zero-order valence-corrected chi connectivity index (χ0v) is 8.89. The first-order valence-electron chi connectivity index (χ1n) is 4.49. The zero-order valence-electron chi connectivity index (χ0n) is 8.07. The molecule has 0 spiro atoms. The smallest absolute Gasteiger partial charge is 0.123 e. The number of benzene rings is 1. The second-order valence-corrected chi connectivity index (χ2v) is 4.84. The molecule has 0 heterocycles. The predicted molar refractivity (Wildman–Crippen MR) is 55.9 cm³/mol. The molecule has 0 saturated heterocycles. The Morgan fingerprint density at radius 3 is 2.50 bits per heavy atom. The lowest BCUT2D eigenvalue weighted by atomic mass is 10.3. The van der Waals surface area contributed by atoms with Gasteiger partial charge in [-0.25, -0.2) is 4.39 Å². The highest BCUT2D eigenvalue weighted by atomic mass is 32.2. The summed E-state index contributed by atoms with van der Waals surface area (Å²) in [6.45, 7) is 1.88. The van der Waals surface area contributed by atoms with E-state index in [0.717, 1.165) is 0 Å². The molecule has 78 valence electrons. The van der Waals surface area contributed by atoms with Crippen LogP contribution in [-0.2, 0) is 10.8 Å². The van der Waals surface area contributed by atoms with E-state index in [0.29, 0.717) is 17.1 Å². The Kier molecular flexibility index (Phi) is 4.22. The number of nitrogens with two attached hydrogens (primary N) is 1. The lowest BCUT2D eigenvalue weighted by Gasteiger charge is -2.04. The molecule has 1 rings (SSSR count). The molecule has 2 unspecified atom stereocenters. The van der Waals surface area contributed by atoms with E-state index in [-0.39, 0.29) is 11.9 Å². The Morgan fingerprint density at radius 2 is 2.00 bits per heavy atom. The van der Waals surface area contributed by atoms with Gasteiger partial charge in [-0.1, -0.05) is 0 Å². The fourth-order valence-electron chi connectivity index (χ4n) is 0.997. The summed E-state index contributed by atoms with van der Waals surface area (Å²) in [6.07, 6.45) is 0.712. The Bertz CT molecular complexity index is 310. The Labute approximate surface area is 85.8 Å². The van der Waals surface area contributed by atoms with Crippen LogP contribution in [0, 0.1) is 5.82 Å². The van der Waals surface area contributed by atoms with E-state index in [1.807, 2.05) is 6.92 Å². The average Bonchev–Trinajstić information content (AvgIpc) is 2.15. The molecular weight excluding hydrogens is 201 g/mol. The van der Waals surface area contributed by atoms with E-state index in [9.17, 15) is 8.60 Å². The van der Waals surface area contributed by atoms with Gasteiger partial charge in [0.05, 0.1) is 10.8 Å². The Balaban J connectivity index is 2.57. The maximum Gasteiger partial charge on any atom is 0.123 e. The highest BCUT2D eigenvalue weighted by Gasteiger charge is 2.04. The third kappa shape index (κ3) is 3.55. The summed E-state index contributed by atoms with van der Waals surface area (Å²) in [6, 6.07) is 5.79. The largest absolute Gasteiger partial charge is 0.328 e. The van der Waals surface area contributed by atoms with Crippen LogP contribution in [0.4, 0.5) is 4.39 Å². The second kappa shape index (κ2) is 5.22.